The van der Waals surface area contributed by atoms with Crippen LogP contribution in [-0.4, -0.2) is 23.5 Å². The van der Waals surface area contributed by atoms with Crippen molar-refractivity contribution in [3.8, 4) is 0 Å². The van der Waals surface area contributed by atoms with Crippen molar-refractivity contribution >= 4 is 11.7 Å². The van der Waals surface area contributed by atoms with Crippen molar-refractivity contribution in [3.05, 3.63) is 0 Å². The number of nitrogens with two attached hydrogens (primary N) is 1. The SMILES string of the molecule is CCC1(CNC(=O)C2(C(N)=NO)CCCCC2)CCCC1. The van der Waals surface area contributed by atoms with E-state index < -0.39 is 5.41 Å². The van der Waals surface area contributed by atoms with Crippen molar-refractivity contribution in [3.63, 3.8) is 0 Å². The lowest BCUT2D eigenvalue weighted by atomic mass is 9.72. The van der Waals surface area contributed by atoms with Crippen LogP contribution in [0.2, 0.25) is 0 Å². The molecule has 2 aliphatic carbocycles. The lowest BCUT2D eigenvalue weighted by Gasteiger charge is -2.36. The molecule has 2 saturated carbocycles. The highest BCUT2D eigenvalue weighted by Gasteiger charge is 2.44. The van der Waals surface area contributed by atoms with Gasteiger partial charge in [-0.25, -0.2) is 0 Å². The predicted octanol–water partition coefficient (Wildman–Crippen LogP) is 2.77. The second kappa shape index (κ2) is 6.67. The molecule has 2 fully saturated rings. The Hall–Kier alpha value is -1.26. The van der Waals surface area contributed by atoms with Crippen LogP contribution in [0.3, 0.4) is 0 Å². The molecule has 5 nitrogen and oxygen atoms in total. The summed E-state index contributed by atoms with van der Waals surface area (Å²) in [5.41, 5.74) is 5.34. The van der Waals surface area contributed by atoms with Gasteiger partial charge in [0, 0.05) is 6.54 Å². The van der Waals surface area contributed by atoms with Crippen molar-refractivity contribution in [1.82, 2.24) is 5.32 Å². The minimum Gasteiger partial charge on any atom is -0.409 e. The zero-order chi connectivity index (χ0) is 15.3. The molecule has 120 valence electrons. The number of nitrogens with zero attached hydrogens (tertiary/aromatic N) is 1. The van der Waals surface area contributed by atoms with Gasteiger partial charge in [-0.05, 0) is 37.5 Å². The summed E-state index contributed by atoms with van der Waals surface area (Å²) in [6, 6.07) is 0. The van der Waals surface area contributed by atoms with Gasteiger partial charge in [0.2, 0.25) is 5.91 Å². The molecule has 0 bridgehead atoms. The summed E-state index contributed by atoms with van der Waals surface area (Å²) in [5, 5.41) is 15.3. The molecule has 2 rings (SSSR count). The first-order chi connectivity index (χ1) is 10.1. The van der Waals surface area contributed by atoms with Gasteiger partial charge in [-0.15, -0.1) is 0 Å². The number of amides is 1. The fraction of sp³-hybridized carbons (Fsp3) is 0.875. The first-order valence-electron chi connectivity index (χ1n) is 8.35. The Morgan fingerprint density at radius 3 is 2.24 bits per heavy atom. The maximum atomic E-state index is 12.8. The normalized spacial score (nSPS) is 24.7. The van der Waals surface area contributed by atoms with Crippen LogP contribution in [0.4, 0.5) is 0 Å². The van der Waals surface area contributed by atoms with Crippen LogP contribution in [0, 0.1) is 10.8 Å². The molecule has 0 radical (unpaired) electrons. The van der Waals surface area contributed by atoms with Gasteiger partial charge in [-0.1, -0.05) is 44.2 Å². The van der Waals surface area contributed by atoms with E-state index in [0.717, 1.165) is 32.2 Å². The molecule has 5 heteroatoms. The van der Waals surface area contributed by atoms with Crippen molar-refractivity contribution in [2.24, 2.45) is 21.7 Å². The molecule has 0 aromatic heterocycles. The number of hydrogen-bond acceptors (Lipinski definition) is 3. The largest absolute Gasteiger partial charge is 0.409 e. The highest BCUT2D eigenvalue weighted by molar-refractivity contribution is 6.06. The molecular formula is C16H29N3O2. The summed E-state index contributed by atoms with van der Waals surface area (Å²) < 4.78 is 0. The molecule has 0 heterocycles. The summed E-state index contributed by atoms with van der Waals surface area (Å²) in [7, 11) is 0. The molecule has 0 atom stereocenters. The van der Waals surface area contributed by atoms with Gasteiger partial charge >= 0.3 is 0 Å². The second-order valence-corrected chi connectivity index (χ2v) is 6.87. The van der Waals surface area contributed by atoms with Crippen LogP contribution in [0.15, 0.2) is 5.16 Å². The first kappa shape index (κ1) is 16.1. The van der Waals surface area contributed by atoms with Crippen LogP contribution < -0.4 is 11.1 Å². The summed E-state index contributed by atoms with van der Waals surface area (Å²) in [5.74, 6) is 0.0360. The molecule has 0 spiro atoms. The van der Waals surface area contributed by atoms with E-state index in [1.165, 1.54) is 25.7 Å². The summed E-state index contributed by atoms with van der Waals surface area (Å²) in [6.07, 6.45) is 10.4. The average Bonchev–Trinajstić information content (AvgIpc) is 3.02. The van der Waals surface area contributed by atoms with Crippen molar-refractivity contribution in [2.75, 3.05) is 6.54 Å². The van der Waals surface area contributed by atoms with Gasteiger partial charge in [0.1, 0.15) is 5.41 Å². The Balaban J connectivity index is 2.05. The van der Waals surface area contributed by atoms with Crippen LogP contribution in [0.1, 0.15) is 71.1 Å². The Morgan fingerprint density at radius 2 is 1.71 bits per heavy atom. The maximum Gasteiger partial charge on any atom is 0.233 e. The van der Waals surface area contributed by atoms with E-state index >= 15 is 0 Å². The highest BCUT2D eigenvalue weighted by atomic mass is 16.4. The number of oxime groups is 1. The molecular weight excluding hydrogens is 266 g/mol. The van der Waals surface area contributed by atoms with E-state index in [1.54, 1.807) is 0 Å². The topological polar surface area (TPSA) is 87.7 Å². The monoisotopic (exact) mass is 295 g/mol. The fourth-order valence-corrected chi connectivity index (χ4v) is 4.07. The molecule has 0 aromatic carbocycles. The minimum absolute atomic E-state index is 0.0442. The van der Waals surface area contributed by atoms with E-state index in [0.29, 0.717) is 12.8 Å². The number of carbonyl (C=O) groups is 1. The van der Waals surface area contributed by atoms with Crippen LogP contribution in [-0.2, 0) is 4.79 Å². The standard InChI is InChI=1S/C16H29N3O2/c1-2-15(8-6-7-9-15)12-18-14(20)16(13(17)19-21)10-4-3-5-11-16/h21H,2-12H2,1H3,(H2,17,19)(H,18,20). The number of amidine groups is 1. The Labute approximate surface area is 127 Å². The molecule has 1 amide bonds. The fourth-order valence-electron chi connectivity index (χ4n) is 4.07. The van der Waals surface area contributed by atoms with Gasteiger partial charge in [0.25, 0.3) is 0 Å². The van der Waals surface area contributed by atoms with E-state index in [-0.39, 0.29) is 17.2 Å². The van der Waals surface area contributed by atoms with E-state index in [4.69, 9.17) is 10.9 Å². The second-order valence-electron chi connectivity index (χ2n) is 6.87. The maximum absolute atomic E-state index is 12.8. The third kappa shape index (κ3) is 3.16. The van der Waals surface area contributed by atoms with Gasteiger partial charge in [-0.3, -0.25) is 4.79 Å². The number of hydrogen-bond donors (Lipinski definition) is 3. The average molecular weight is 295 g/mol. The molecule has 0 aliphatic heterocycles. The van der Waals surface area contributed by atoms with Crippen LogP contribution in [0.25, 0.3) is 0 Å². The smallest absolute Gasteiger partial charge is 0.233 e. The minimum atomic E-state index is -0.791. The van der Waals surface area contributed by atoms with Gasteiger partial charge in [-0.2, -0.15) is 0 Å². The van der Waals surface area contributed by atoms with Crippen molar-refractivity contribution in [1.29, 1.82) is 0 Å². The lowest BCUT2D eigenvalue weighted by molar-refractivity contribution is -0.129. The summed E-state index contributed by atoms with van der Waals surface area (Å²) in [4.78, 5) is 12.8. The summed E-state index contributed by atoms with van der Waals surface area (Å²) in [6.45, 7) is 2.93. The molecule has 21 heavy (non-hydrogen) atoms. The Kier molecular flexibility index (Phi) is 5.12. The third-order valence-corrected chi connectivity index (χ3v) is 5.78. The van der Waals surface area contributed by atoms with E-state index in [2.05, 4.69) is 17.4 Å². The number of carbonyl (C=O) groups excluding carboxylic acids is 1. The van der Waals surface area contributed by atoms with Crippen molar-refractivity contribution in [2.45, 2.75) is 71.1 Å². The third-order valence-electron chi connectivity index (χ3n) is 5.78. The highest BCUT2D eigenvalue weighted by Crippen LogP contribution is 2.41. The van der Waals surface area contributed by atoms with Gasteiger partial charge in [0.05, 0.1) is 0 Å². The Morgan fingerprint density at radius 1 is 1.14 bits per heavy atom. The first-order valence-corrected chi connectivity index (χ1v) is 8.35. The molecule has 0 saturated heterocycles. The van der Waals surface area contributed by atoms with Crippen molar-refractivity contribution < 1.29 is 10.0 Å². The van der Waals surface area contributed by atoms with E-state index in [9.17, 15) is 4.79 Å². The number of nitrogens with one attached hydrogen (secondary N) is 1. The zero-order valence-corrected chi connectivity index (χ0v) is 13.2. The molecule has 0 unspecified atom stereocenters. The number of rotatable bonds is 5. The molecule has 2 aliphatic rings. The molecule has 0 aromatic rings. The summed E-state index contributed by atoms with van der Waals surface area (Å²) >= 11 is 0. The van der Waals surface area contributed by atoms with Gasteiger partial charge < -0.3 is 16.3 Å². The van der Waals surface area contributed by atoms with Crippen LogP contribution in [0.5, 0.6) is 0 Å². The van der Waals surface area contributed by atoms with Gasteiger partial charge in [0.15, 0.2) is 5.84 Å². The van der Waals surface area contributed by atoms with E-state index in [1.807, 2.05) is 0 Å². The van der Waals surface area contributed by atoms with Crippen LogP contribution >= 0.6 is 0 Å². The zero-order valence-electron chi connectivity index (χ0n) is 13.2. The Bertz CT molecular complexity index is 394. The predicted molar refractivity (Wildman–Crippen MR) is 83.1 cm³/mol. The lowest BCUT2D eigenvalue weighted by Crippen LogP contribution is -2.52. The quantitative estimate of drug-likeness (QED) is 0.315. The molecule has 4 N–H and O–H groups in total.